The number of nitrogens with two attached hydrogens (primary N) is 1. The van der Waals surface area contributed by atoms with E-state index in [1.807, 2.05) is 0 Å². The number of hydrogen-bond acceptors (Lipinski definition) is 3. The Labute approximate surface area is 88.1 Å². The van der Waals surface area contributed by atoms with E-state index in [0.717, 1.165) is 13.0 Å². The van der Waals surface area contributed by atoms with Gasteiger partial charge in [0, 0.05) is 17.8 Å². The number of rotatable bonds is 1. The van der Waals surface area contributed by atoms with E-state index in [1.165, 1.54) is 12.1 Å². The molecule has 0 bridgehead atoms. The molecule has 1 unspecified atom stereocenters. The molecule has 2 rings (SSSR count). The SMILES string of the molecule is Nc1cc(F)ccc1C1(O)CCCNC1. The average molecular weight is 210 g/mol. The van der Waals surface area contributed by atoms with Crippen molar-refractivity contribution < 1.29 is 9.50 Å². The van der Waals surface area contributed by atoms with Crippen molar-refractivity contribution in [2.75, 3.05) is 18.8 Å². The molecule has 1 fully saturated rings. The first-order valence-electron chi connectivity index (χ1n) is 5.10. The average Bonchev–Trinajstić information content (AvgIpc) is 2.18. The number of nitrogen functional groups attached to an aromatic ring is 1. The van der Waals surface area contributed by atoms with Crippen molar-refractivity contribution in [1.82, 2.24) is 5.32 Å². The van der Waals surface area contributed by atoms with Crippen LogP contribution in [0.15, 0.2) is 18.2 Å². The highest BCUT2D eigenvalue weighted by Gasteiger charge is 2.32. The predicted octanol–water partition coefficient (Wildman–Crippen LogP) is 0.979. The lowest BCUT2D eigenvalue weighted by atomic mass is 9.86. The molecular weight excluding hydrogens is 195 g/mol. The Kier molecular flexibility index (Phi) is 2.63. The third-order valence-corrected chi connectivity index (χ3v) is 2.88. The van der Waals surface area contributed by atoms with Crippen LogP contribution in [0.1, 0.15) is 18.4 Å². The fourth-order valence-corrected chi connectivity index (χ4v) is 2.08. The number of hydrogen-bond donors (Lipinski definition) is 3. The summed E-state index contributed by atoms with van der Waals surface area (Å²) in [5.74, 6) is -0.372. The molecule has 1 aliphatic heterocycles. The number of benzene rings is 1. The van der Waals surface area contributed by atoms with Gasteiger partial charge in [0.15, 0.2) is 0 Å². The van der Waals surface area contributed by atoms with Crippen molar-refractivity contribution in [2.45, 2.75) is 18.4 Å². The van der Waals surface area contributed by atoms with Crippen LogP contribution in [-0.4, -0.2) is 18.2 Å². The molecule has 0 spiro atoms. The normalized spacial score (nSPS) is 26.5. The summed E-state index contributed by atoms with van der Waals surface area (Å²) in [6.07, 6.45) is 1.56. The second-order valence-corrected chi connectivity index (χ2v) is 4.04. The monoisotopic (exact) mass is 210 g/mol. The van der Waals surface area contributed by atoms with Gasteiger partial charge in [-0.25, -0.2) is 4.39 Å². The van der Waals surface area contributed by atoms with Crippen molar-refractivity contribution in [2.24, 2.45) is 0 Å². The summed E-state index contributed by atoms with van der Waals surface area (Å²) in [5.41, 5.74) is 5.70. The van der Waals surface area contributed by atoms with Crippen molar-refractivity contribution in [3.05, 3.63) is 29.6 Å². The second kappa shape index (κ2) is 3.79. The molecule has 1 aromatic carbocycles. The summed E-state index contributed by atoms with van der Waals surface area (Å²) in [5, 5.41) is 13.5. The van der Waals surface area contributed by atoms with Crippen LogP contribution in [0.25, 0.3) is 0 Å². The topological polar surface area (TPSA) is 58.3 Å². The maximum atomic E-state index is 12.9. The summed E-state index contributed by atoms with van der Waals surface area (Å²) < 4.78 is 12.9. The fraction of sp³-hybridized carbons (Fsp3) is 0.455. The summed E-state index contributed by atoms with van der Waals surface area (Å²) in [7, 11) is 0. The quantitative estimate of drug-likeness (QED) is 0.605. The van der Waals surface area contributed by atoms with Gasteiger partial charge in [-0.2, -0.15) is 0 Å². The Morgan fingerprint density at radius 1 is 1.47 bits per heavy atom. The molecule has 82 valence electrons. The van der Waals surface area contributed by atoms with E-state index in [2.05, 4.69) is 5.32 Å². The lowest BCUT2D eigenvalue weighted by Gasteiger charge is -2.33. The van der Waals surface area contributed by atoms with Crippen LogP contribution in [0, 0.1) is 5.82 Å². The van der Waals surface area contributed by atoms with Crippen molar-refractivity contribution in [3.8, 4) is 0 Å². The molecule has 0 aromatic heterocycles. The maximum Gasteiger partial charge on any atom is 0.125 e. The van der Waals surface area contributed by atoms with Gasteiger partial charge in [-0.1, -0.05) is 6.07 Å². The minimum atomic E-state index is -0.948. The van der Waals surface area contributed by atoms with Gasteiger partial charge in [0.05, 0.1) is 0 Å². The molecule has 1 saturated heterocycles. The first kappa shape index (κ1) is 10.4. The molecule has 1 atom stereocenters. The van der Waals surface area contributed by atoms with Crippen molar-refractivity contribution in [3.63, 3.8) is 0 Å². The molecule has 0 amide bonds. The second-order valence-electron chi connectivity index (χ2n) is 4.04. The van der Waals surface area contributed by atoms with Crippen molar-refractivity contribution in [1.29, 1.82) is 0 Å². The molecule has 0 aliphatic carbocycles. The zero-order valence-corrected chi connectivity index (χ0v) is 8.46. The van der Waals surface area contributed by atoms with Crippen LogP contribution in [-0.2, 0) is 5.60 Å². The molecule has 0 radical (unpaired) electrons. The van der Waals surface area contributed by atoms with E-state index >= 15 is 0 Å². The Bertz CT molecular complexity index is 362. The molecule has 4 heteroatoms. The van der Waals surface area contributed by atoms with E-state index in [1.54, 1.807) is 6.07 Å². The van der Waals surface area contributed by atoms with Crippen LogP contribution in [0.2, 0.25) is 0 Å². The highest BCUT2D eigenvalue weighted by Crippen LogP contribution is 2.32. The third-order valence-electron chi connectivity index (χ3n) is 2.88. The van der Waals surface area contributed by atoms with Crippen LogP contribution in [0.3, 0.4) is 0 Å². The van der Waals surface area contributed by atoms with E-state index in [9.17, 15) is 9.50 Å². The summed E-state index contributed by atoms with van der Waals surface area (Å²) in [6.45, 7) is 1.38. The smallest absolute Gasteiger partial charge is 0.125 e. The van der Waals surface area contributed by atoms with Crippen LogP contribution < -0.4 is 11.1 Å². The van der Waals surface area contributed by atoms with Crippen LogP contribution in [0.4, 0.5) is 10.1 Å². The minimum Gasteiger partial charge on any atom is -0.398 e. The summed E-state index contributed by atoms with van der Waals surface area (Å²) >= 11 is 0. The molecule has 4 N–H and O–H groups in total. The number of nitrogens with one attached hydrogen (secondary N) is 1. The van der Waals surface area contributed by atoms with Crippen LogP contribution >= 0.6 is 0 Å². The Hall–Kier alpha value is -1.13. The molecular formula is C11H15FN2O. The Morgan fingerprint density at radius 3 is 2.87 bits per heavy atom. The van der Waals surface area contributed by atoms with Gasteiger partial charge in [0.2, 0.25) is 0 Å². The lowest BCUT2D eigenvalue weighted by molar-refractivity contribution is 0.0130. The van der Waals surface area contributed by atoms with Gasteiger partial charge in [-0.15, -0.1) is 0 Å². The number of aliphatic hydroxyl groups is 1. The van der Waals surface area contributed by atoms with Gasteiger partial charge in [-0.05, 0) is 31.5 Å². The molecule has 0 saturated carbocycles. The van der Waals surface area contributed by atoms with Crippen LogP contribution in [0.5, 0.6) is 0 Å². The predicted molar refractivity (Wildman–Crippen MR) is 56.8 cm³/mol. The van der Waals surface area contributed by atoms with Crippen molar-refractivity contribution >= 4 is 5.69 Å². The van der Waals surface area contributed by atoms with Gasteiger partial charge >= 0.3 is 0 Å². The third kappa shape index (κ3) is 1.96. The number of halogens is 1. The van der Waals surface area contributed by atoms with E-state index < -0.39 is 5.60 Å². The zero-order chi connectivity index (χ0) is 10.9. The Balaban J connectivity index is 2.35. The standard InChI is InChI=1S/C11H15FN2O/c12-8-2-3-9(10(13)6-8)11(15)4-1-5-14-7-11/h2-3,6,14-15H,1,4-5,7,13H2. The number of β-amino-alcohol motifs (C(OH)–C–C–N with tert-alkyl or cyclic N) is 1. The highest BCUT2D eigenvalue weighted by atomic mass is 19.1. The first-order valence-corrected chi connectivity index (χ1v) is 5.10. The first-order chi connectivity index (χ1) is 7.12. The van der Waals surface area contributed by atoms with E-state index in [4.69, 9.17) is 5.73 Å². The molecule has 3 nitrogen and oxygen atoms in total. The van der Waals surface area contributed by atoms with E-state index in [-0.39, 0.29) is 5.82 Å². The minimum absolute atomic E-state index is 0.321. The Morgan fingerprint density at radius 2 is 2.27 bits per heavy atom. The zero-order valence-electron chi connectivity index (χ0n) is 8.46. The fourth-order valence-electron chi connectivity index (χ4n) is 2.08. The van der Waals surface area contributed by atoms with Gasteiger partial charge < -0.3 is 16.2 Å². The number of anilines is 1. The lowest BCUT2D eigenvalue weighted by Crippen LogP contribution is -2.43. The van der Waals surface area contributed by atoms with Gasteiger partial charge in [-0.3, -0.25) is 0 Å². The molecule has 1 aromatic rings. The molecule has 15 heavy (non-hydrogen) atoms. The van der Waals surface area contributed by atoms with Gasteiger partial charge in [0.1, 0.15) is 11.4 Å². The van der Waals surface area contributed by atoms with Gasteiger partial charge in [0.25, 0.3) is 0 Å². The molecule has 1 aliphatic rings. The highest BCUT2D eigenvalue weighted by molar-refractivity contribution is 5.50. The maximum absolute atomic E-state index is 12.9. The molecule has 1 heterocycles. The summed E-state index contributed by atoms with van der Waals surface area (Å²) in [4.78, 5) is 0. The largest absolute Gasteiger partial charge is 0.398 e. The number of piperidine rings is 1. The summed E-state index contributed by atoms with van der Waals surface area (Å²) in [6, 6.07) is 4.15. The van der Waals surface area contributed by atoms with E-state index in [0.29, 0.717) is 24.2 Å².